The van der Waals surface area contributed by atoms with Crippen LogP contribution in [0.25, 0.3) is 33.5 Å². The first kappa shape index (κ1) is 26.6. The van der Waals surface area contributed by atoms with Crippen LogP contribution in [0.1, 0.15) is 84.7 Å². The van der Waals surface area contributed by atoms with Gasteiger partial charge in [-0.25, -0.2) is 4.57 Å². The number of benzene rings is 4. The van der Waals surface area contributed by atoms with Gasteiger partial charge in [-0.3, -0.25) is 0 Å². The first-order valence-corrected chi connectivity index (χ1v) is 16.4. The minimum absolute atomic E-state index is 0.167. The number of rotatable bonds is 3. The van der Waals surface area contributed by atoms with E-state index in [-0.39, 0.29) is 10.8 Å². The molecule has 2 fully saturated rings. The van der Waals surface area contributed by atoms with Crippen LogP contribution in [0.15, 0.2) is 103 Å². The maximum atomic E-state index is 2.62. The first-order chi connectivity index (χ1) is 21.0. The van der Waals surface area contributed by atoms with Gasteiger partial charge in [0.1, 0.15) is 7.05 Å². The Morgan fingerprint density at radius 3 is 1.74 bits per heavy atom. The summed E-state index contributed by atoms with van der Waals surface area (Å²) in [4.78, 5) is 0. The number of hydrogen-bond donors (Lipinski definition) is 0. The molecule has 1 heteroatoms. The van der Waals surface area contributed by atoms with Crippen molar-refractivity contribution in [1.29, 1.82) is 0 Å². The van der Waals surface area contributed by atoms with Gasteiger partial charge < -0.3 is 0 Å². The molecular formula is C42H42N+. The molecule has 0 aliphatic heterocycles. The number of hydrogen-bond acceptors (Lipinski definition) is 0. The molecule has 214 valence electrons. The second-order valence-electron chi connectivity index (χ2n) is 13.6. The van der Waals surface area contributed by atoms with Crippen LogP contribution in [0.5, 0.6) is 0 Å². The highest BCUT2D eigenvalue weighted by Gasteiger charge is 2.52. The van der Waals surface area contributed by atoms with Gasteiger partial charge in [-0.2, -0.15) is 0 Å². The normalized spacial score (nSPS) is 17.7. The molecule has 43 heavy (non-hydrogen) atoms. The average Bonchev–Trinajstić information content (AvgIpc) is 3.74. The van der Waals surface area contributed by atoms with E-state index in [9.17, 15) is 0 Å². The smallest absolute Gasteiger partial charge is 0.200 e. The first-order valence-electron chi connectivity index (χ1n) is 16.4. The van der Waals surface area contributed by atoms with Crippen LogP contribution in [-0.2, 0) is 17.9 Å². The quantitative estimate of drug-likeness (QED) is 0.193. The average molecular weight is 561 g/mol. The summed E-state index contributed by atoms with van der Waals surface area (Å²) in [5.41, 5.74) is 17.4. The Kier molecular flexibility index (Phi) is 6.23. The van der Waals surface area contributed by atoms with Crippen LogP contribution in [0.3, 0.4) is 0 Å². The largest absolute Gasteiger partial charge is 0.212 e. The van der Waals surface area contributed by atoms with Crippen LogP contribution in [0.2, 0.25) is 0 Å². The number of aromatic nitrogens is 1. The molecule has 0 saturated heterocycles. The van der Waals surface area contributed by atoms with E-state index in [0.717, 1.165) is 0 Å². The highest BCUT2D eigenvalue weighted by molar-refractivity contribution is 5.76. The summed E-state index contributed by atoms with van der Waals surface area (Å²) >= 11 is 0. The molecule has 0 unspecified atom stereocenters. The molecule has 1 heterocycles. The highest BCUT2D eigenvalue weighted by atomic mass is 14.9. The molecule has 2 spiro atoms. The van der Waals surface area contributed by atoms with Crippen LogP contribution < -0.4 is 4.57 Å². The number of nitrogens with zero attached hydrogens (tertiary/aromatic N) is 1. The molecule has 2 saturated carbocycles. The van der Waals surface area contributed by atoms with Crippen LogP contribution in [0.4, 0.5) is 0 Å². The molecule has 4 aromatic carbocycles. The fraction of sp³-hybridized carbons (Fsp3) is 0.310. The summed E-state index contributed by atoms with van der Waals surface area (Å²) in [5, 5.41) is 0. The lowest BCUT2D eigenvalue weighted by atomic mass is 9.56. The lowest BCUT2D eigenvalue weighted by Gasteiger charge is -2.47. The van der Waals surface area contributed by atoms with E-state index < -0.39 is 0 Å². The highest BCUT2D eigenvalue weighted by Crippen LogP contribution is 2.61. The van der Waals surface area contributed by atoms with Gasteiger partial charge in [-0.15, -0.1) is 0 Å². The lowest BCUT2D eigenvalue weighted by Crippen LogP contribution is -2.40. The van der Waals surface area contributed by atoms with Crippen molar-refractivity contribution in [2.45, 2.75) is 76.0 Å². The van der Waals surface area contributed by atoms with Gasteiger partial charge in [-0.05, 0) is 102 Å². The molecule has 0 radical (unpaired) electrons. The van der Waals surface area contributed by atoms with Gasteiger partial charge in [0, 0.05) is 28.0 Å². The predicted octanol–water partition coefficient (Wildman–Crippen LogP) is 10.2. The van der Waals surface area contributed by atoms with E-state index >= 15 is 0 Å². The fourth-order valence-corrected chi connectivity index (χ4v) is 9.20. The van der Waals surface area contributed by atoms with Gasteiger partial charge in [0.25, 0.3) is 0 Å². The number of pyridine rings is 1. The molecule has 0 N–H and O–H groups in total. The standard InChI is InChI=1S/C42H42N/c1-29-17-18-32(31-13-5-4-6-14-31)26-34(29)40-25-30(2)35(28-43(40)3)33-19-20-38-39(27-33)42(23-11-12-24-42)37-16-8-7-15-36(37)41(38)21-9-10-22-41/h4-8,13-20,25-28H,9-12,21-24H2,1-3H3/q+1. The number of aryl methyl sites for hydroxylation is 3. The van der Waals surface area contributed by atoms with Crippen LogP contribution >= 0.6 is 0 Å². The molecule has 5 aromatic rings. The van der Waals surface area contributed by atoms with E-state index in [1.165, 1.54) is 96.0 Å². The van der Waals surface area contributed by atoms with E-state index in [1.807, 2.05) is 0 Å². The van der Waals surface area contributed by atoms with E-state index in [4.69, 9.17) is 0 Å². The Balaban J connectivity index is 1.26. The molecule has 8 rings (SSSR count). The van der Waals surface area contributed by atoms with Crippen LogP contribution in [0, 0.1) is 13.8 Å². The Morgan fingerprint density at radius 1 is 0.488 bits per heavy atom. The van der Waals surface area contributed by atoms with Crippen molar-refractivity contribution < 1.29 is 4.57 Å². The van der Waals surface area contributed by atoms with Crippen molar-refractivity contribution in [1.82, 2.24) is 0 Å². The summed E-state index contributed by atoms with van der Waals surface area (Å²) < 4.78 is 2.35. The van der Waals surface area contributed by atoms with Crippen molar-refractivity contribution in [3.63, 3.8) is 0 Å². The van der Waals surface area contributed by atoms with Crippen molar-refractivity contribution in [3.8, 4) is 33.5 Å². The predicted molar refractivity (Wildman–Crippen MR) is 178 cm³/mol. The van der Waals surface area contributed by atoms with E-state index in [1.54, 1.807) is 22.3 Å². The summed E-state index contributed by atoms with van der Waals surface area (Å²) in [6, 6.07) is 37.2. The third-order valence-corrected chi connectivity index (χ3v) is 11.3. The zero-order valence-corrected chi connectivity index (χ0v) is 25.9. The molecule has 0 bridgehead atoms. The third kappa shape index (κ3) is 4.00. The fourth-order valence-electron chi connectivity index (χ4n) is 9.20. The minimum Gasteiger partial charge on any atom is -0.200 e. The Hall–Kier alpha value is -3.97. The Bertz CT molecular complexity index is 1850. The third-order valence-electron chi connectivity index (χ3n) is 11.3. The van der Waals surface area contributed by atoms with E-state index in [0.29, 0.717) is 0 Å². The SMILES string of the molecule is Cc1cc(-c2cc(-c3ccccc3)ccc2C)[n+](C)cc1-c1ccc2c(c1)C1(CCCC1)c1ccccc1C21CCCC1. The molecule has 1 nitrogen and oxygen atoms in total. The molecule has 0 atom stereocenters. The van der Waals surface area contributed by atoms with Crippen molar-refractivity contribution in [2.75, 3.05) is 0 Å². The molecule has 3 aliphatic rings. The monoisotopic (exact) mass is 560 g/mol. The Labute approximate surface area is 257 Å². The van der Waals surface area contributed by atoms with Gasteiger partial charge >= 0.3 is 0 Å². The van der Waals surface area contributed by atoms with E-state index in [2.05, 4.69) is 129 Å². The molecule has 1 aromatic heterocycles. The number of fused-ring (bicyclic) bond motifs is 6. The zero-order valence-electron chi connectivity index (χ0n) is 25.9. The van der Waals surface area contributed by atoms with Crippen molar-refractivity contribution in [3.05, 3.63) is 137 Å². The maximum Gasteiger partial charge on any atom is 0.212 e. The second-order valence-corrected chi connectivity index (χ2v) is 13.6. The summed E-state index contributed by atoms with van der Waals surface area (Å²) in [6.07, 6.45) is 12.8. The topological polar surface area (TPSA) is 3.88 Å². The lowest BCUT2D eigenvalue weighted by molar-refractivity contribution is -0.660. The zero-order chi connectivity index (χ0) is 29.2. The summed E-state index contributed by atoms with van der Waals surface area (Å²) in [6.45, 7) is 4.53. The Morgan fingerprint density at radius 2 is 1.07 bits per heavy atom. The van der Waals surface area contributed by atoms with Crippen molar-refractivity contribution >= 4 is 0 Å². The minimum atomic E-state index is 0.167. The second kappa shape index (κ2) is 10.1. The van der Waals surface area contributed by atoms with Gasteiger partial charge in [-0.1, -0.05) is 105 Å². The van der Waals surface area contributed by atoms with Crippen molar-refractivity contribution in [2.24, 2.45) is 7.05 Å². The molecular weight excluding hydrogens is 518 g/mol. The maximum absolute atomic E-state index is 2.62. The van der Waals surface area contributed by atoms with Crippen LogP contribution in [-0.4, -0.2) is 0 Å². The summed E-state index contributed by atoms with van der Waals surface area (Å²) in [7, 11) is 2.22. The van der Waals surface area contributed by atoms with Gasteiger partial charge in [0.15, 0.2) is 6.20 Å². The van der Waals surface area contributed by atoms with Gasteiger partial charge in [0.05, 0.1) is 0 Å². The molecule has 3 aliphatic carbocycles. The molecule has 0 amide bonds. The van der Waals surface area contributed by atoms with Gasteiger partial charge in [0.2, 0.25) is 5.69 Å². The summed E-state index contributed by atoms with van der Waals surface area (Å²) in [5.74, 6) is 0.